The highest BCUT2D eigenvalue weighted by molar-refractivity contribution is 7.87. The van der Waals surface area contributed by atoms with E-state index in [0.29, 0.717) is 11.3 Å². The van der Waals surface area contributed by atoms with E-state index in [2.05, 4.69) is 4.99 Å². The molecule has 0 heterocycles. The fourth-order valence-corrected chi connectivity index (χ4v) is 3.17. The van der Waals surface area contributed by atoms with Crippen molar-refractivity contribution < 1.29 is 17.7 Å². The molecule has 26 heavy (non-hydrogen) atoms. The minimum atomic E-state index is -3.94. The molecule has 5 nitrogen and oxygen atoms in total. The van der Waals surface area contributed by atoms with Crippen molar-refractivity contribution in [1.29, 1.82) is 0 Å². The number of hydrogen-bond donors (Lipinski definition) is 1. The summed E-state index contributed by atoms with van der Waals surface area (Å²) in [6.07, 6.45) is 1.52. The number of phenols is 1. The number of rotatable bonds is 5. The normalized spacial score (nSPS) is 11.6. The third-order valence-electron chi connectivity index (χ3n) is 3.63. The Balaban J connectivity index is 1.87. The van der Waals surface area contributed by atoms with Crippen molar-refractivity contribution in [3.8, 4) is 11.5 Å². The first kappa shape index (κ1) is 17.7. The van der Waals surface area contributed by atoms with Gasteiger partial charge in [0.25, 0.3) is 0 Å². The van der Waals surface area contributed by atoms with Gasteiger partial charge in [-0.3, -0.25) is 4.99 Å². The highest BCUT2D eigenvalue weighted by Crippen LogP contribution is 2.23. The van der Waals surface area contributed by atoms with E-state index in [0.717, 1.165) is 5.56 Å². The summed E-state index contributed by atoms with van der Waals surface area (Å²) in [7, 11) is -3.94. The lowest BCUT2D eigenvalue weighted by atomic mass is 10.2. The van der Waals surface area contributed by atoms with Crippen LogP contribution in [-0.2, 0) is 10.1 Å². The molecular formula is C20H17NO4S. The number of nitrogens with zero attached hydrogens (tertiary/aromatic N) is 1. The smallest absolute Gasteiger partial charge is 0.339 e. The molecule has 6 heteroatoms. The van der Waals surface area contributed by atoms with Crippen LogP contribution in [0.4, 0.5) is 5.69 Å². The first-order valence-electron chi connectivity index (χ1n) is 7.87. The Hall–Kier alpha value is -3.12. The third kappa shape index (κ3) is 4.29. The minimum absolute atomic E-state index is 0.0911. The Kier molecular flexibility index (Phi) is 5.04. The third-order valence-corrected chi connectivity index (χ3v) is 4.88. The van der Waals surface area contributed by atoms with Crippen LogP contribution in [0.15, 0.2) is 82.7 Å². The Morgan fingerprint density at radius 2 is 1.58 bits per heavy atom. The predicted octanol–water partition coefficient (Wildman–Crippen LogP) is 4.22. The maximum absolute atomic E-state index is 12.5. The fraction of sp³-hybridized carbons (Fsp3) is 0.0500. The number of aryl methyl sites for hydroxylation is 1. The molecule has 0 saturated carbocycles. The molecule has 3 aromatic carbocycles. The van der Waals surface area contributed by atoms with E-state index >= 15 is 0 Å². The predicted molar refractivity (Wildman–Crippen MR) is 101 cm³/mol. The second-order valence-electron chi connectivity index (χ2n) is 5.66. The molecule has 0 atom stereocenters. The molecular weight excluding hydrogens is 350 g/mol. The van der Waals surface area contributed by atoms with Gasteiger partial charge in [-0.25, -0.2) is 0 Å². The van der Waals surface area contributed by atoms with Crippen molar-refractivity contribution >= 4 is 22.0 Å². The summed E-state index contributed by atoms with van der Waals surface area (Å²) in [6.45, 7) is 1.88. The van der Waals surface area contributed by atoms with E-state index in [-0.39, 0.29) is 16.4 Å². The number of phenolic OH excluding ortho intramolecular Hbond substituents is 1. The minimum Gasteiger partial charge on any atom is -0.508 e. The quantitative estimate of drug-likeness (QED) is 0.541. The number of benzene rings is 3. The molecule has 0 spiro atoms. The van der Waals surface area contributed by atoms with Crippen LogP contribution in [0.5, 0.6) is 11.5 Å². The molecule has 0 aliphatic carbocycles. The number of aliphatic imine (C=N–C) groups is 1. The van der Waals surface area contributed by atoms with Gasteiger partial charge >= 0.3 is 10.1 Å². The number of para-hydroxylation sites is 1. The lowest BCUT2D eigenvalue weighted by molar-refractivity contribution is 0.475. The first-order chi connectivity index (χ1) is 12.4. The summed E-state index contributed by atoms with van der Waals surface area (Å²) in [5.74, 6) is 0.340. The lowest BCUT2D eigenvalue weighted by Crippen LogP contribution is -2.10. The maximum atomic E-state index is 12.5. The van der Waals surface area contributed by atoms with Gasteiger partial charge in [0.1, 0.15) is 10.6 Å². The molecule has 0 unspecified atom stereocenters. The van der Waals surface area contributed by atoms with Crippen LogP contribution in [0.3, 0.4) is 0 Å². The van der Waals surface area contributed by atoms with Gasteiger partial charge in [0, 0.05) is 11.8 Å². The second-order valence-corrected chi connectivity index (χ2v) is 7.21. The zero-order chi connectivity index (χ0) is 18.6. The summed E-state index contributed by atoms with van der Waals surface area (Å²) < 4.78 is 30.3. The standard InChI is InChI=1S/C20H17NO4S/c1-15-6-12-19(13-7-15)26(23,24)25-20-5-3-2-4-16(20)14-21-17-8-10-18(22)11-9-17/h2-14,22H,1H3. The lowest BCUT2D eigenvalue weighted by Gasteiger charge is -2.09. The van der Waals surface area contributed by atoms with Gasteiger partial charge in [-0.2, -0.15) is 8.42 Å². The summed E-state index contributed by atoms with van der Waals surface area (Å²) in [6, 6.07) is 19.6. The van der Waals surface area contributed by atoms with Gasteiger partial charge in [0.15, 0.2) is 5.75 Å². The van der Waals surface area contributed by atoms with E-state index in [1.807, 2.05) is 6.92 Å². The Labute approximate surface area is 152 Å². The van der Waals surface area contributed by atoms with Crippen LogP contribution >= 0.6 is 0 Å². The monoisotopic (exact) mass is 367 g/mol. The summed E-state index contributed by atoms with van der Waals surface area (Å²) in [5.41, 5.74) is 2.11. The second kappa shape index (κ2) is 7.41. The highest BCUT2D eigenvalue weighted by atomic mass is 32.2. The molecule has 0 bridgehead atoms. The van der Waals surface area contributed by atoms with Gasteiger partial charge in [-0.1, -0.05) is 29.8 Å². The molecule has 3 rings (SSSR count). The van der Waals surface area contributed by atoms with Crippen LogP contribution in [-0.4, -0.2) is 19.7 Å². The van der Waals surface area contributed by atoms with Crippen molar-refractivity contribution in [2.24, 2.45) is 4.99 Å². The van der Waals surface area contributed by atoms with Crippen molar-refractivity contribution in [1.82, 2.24) is 0 Å². The molecule has 0 aliphatic rings. The van der Waals surface area contributed by atoms with Gasteiger partial charge in [-0.05, 0) is 55.5 Å². The van der Waals surface area contributed by atoms with Crippen molar-refractivity contribution in [2.75, 3.05) is 0 Å². The number of hydrogen-bond acceptors (Lipinski definition) is 5. The molecule has 0 fully saturated rings. The number of aromatic hydroxyl groups is 1. The molecule has 0 amide bonds. The average Bonchev–Trinajstić information content (AvgIpc) is 2.62. The maximum Gasteiger partial charge on any atom is 0.339 e. The van der Waals surface area contributed by atoms with E-state index in [1.54, 1.807) is 48.5 Å². The summed E-state index contributed by atoms with van der Waals surface area (Å²) in [4.78, 5) is 4.37. The Morgan fingerprint density at radius 1 is 0.923 bits per heavy atom. The van der Waals surface area contributed by atoms with Crippen molar-refractivity contribution in [2.45, 2.75) is 11.8 Å². The molecule has 1 N–H and O–H groups in total. The van der Waals surface area contributed by atoms with Gasteiger partial charge in [0.05, 0.1) is 5.69 Å². The fourth-order valence-electron chi connectivity index (χ4n) is 2.22. The van der Waals surface area contributed by atoms with Crippen LogP contribution in [0.1, 0.15) is 11.1 Å². The molecule has 3 aromatic rings. The van der Waals surface area contributed by atoms with Crippen LogP contribution in [0.2, 0.25) is 0 Å². The molecule has 0 aromatic heterocycles. The molecule has 0 radical (unpaired) electrons. The average molecular weight is 367 g/mol. The van der Waals surface area contributed by atoms with Crippen LogP contribution < -0.4 is 4.18 Å². The highest BCUT2D eigenvalue weighted by Gasteiger charge is 2.17. The van der Waals surface area contributed by atoms with Crippen molar-refractivity contribution in [3.05, 3.63) is 83.9 Å². The van der Waals surface area contributed by atoms with E-state index in [9.17, 15) is 13.5 Å². The summed E-state index contributed by atoms with van der Waals surface area (Å²) in [5, 5.41) is 9.30. The molecule has 132 valence electrons. The topological polar surface area (TPSA) is 76.0 Å². The summed E-state index contributed by atoms with van der Waals surface area (Å²) >= 11 is 0. The van der Waals surface area contributed by atoms with Crippen LogP contribution in [0, 0.1) is 6.92 Å². The van der Waals surface area contributed by atoms with Gasteiger partial charge < -0.3 is 9.29 Å². The molecule has 0 aliphatic heterocycles. The zero-order valence-corrected chi connectivity index (χ0v) is 14.8. The largest absolute Gasteiger partial charge is 0.508 e. The van der Waals surface area contributed by atoms with E-state index < -0.39 is 10.1 Å². The zero-order valence-electron chi connectivity index (χ0n) is 14.0. The van der Waals surface area contributed by atoms with Crippen LogP contribution in [0.25, 0.3) is 0 Å². The van der Waals surface area contributed by atoms with Gasteiger partial charge in [-0.15, -0.1) is 0 Å². The van der Waals surface area contributed by atoms with Gasteiger partial charge in [0.2, 0.25) is 0 Å². The molecule has 0 saturated heterocycles. The van der Waals surface area contributed by atoms with E-state index in [4.69, 9.17) is 4.18 Å². The SMILES string of the molecule is Cc1ccc(S(=O)(=O)Oc2ccccc2C=Nc2ccc(O)cc2)cc1. The van der Waals surface area contributed by atoms with E-state index in [1.165, 1.54) is 30.5 Å². The Bertz CT molecular complexity index is 1020. The van der Waals surface area contributed by atoms with Crippen molar-refractivity contribution in [3.63, 3.8) is 0 Å². The first-order valence-corrected chi connectivity index (χ1v) is 9.28. The Morgan fingerprint density at radius 3 is 2.27 bits per heavy atom.